The summed E-state index contributed by atoms with van der Waals surface area (Å²) in [5, 5.41) is 0. The average molecular weight is 124 g/mol. The molecule has 1 aliphatic rings. The summed E-state index contributed by atoms with van der Waals surface area (Å²) in [7, 11) is 0. The second-order valence-electron chi connectivity index (χ2n) is 2.53. The highest BCUT2D eigenvalue weighted by Crippen LogP contribution is 2.17. The van der Waals surface area contributed by atoms with Crippen LogP contribution >= 0.6 is 0 Å². The van der Waals surface area contributed by atoms with Crippen LogP contribution in [0.15, 0.2) is 12.2 Å². The molecule has 0 unspecified atom stereocenters. The van der Waals surface area contributed by atoms with Gasteiger partial charge in [0, 0.05) is 6.42 Å². The Morgan fingerprint density at radius 3 is 3.00 bits per heavy atom. The standard InChI is InChI=1S/C8H12O/c1-2-7-3-5-8(9)6-4-7/h3,5,7H,2,4,6H2,1H3/t7-/m1/s1. The van der Waals surface area contributed by atoms with Gasteiger partial charge in [0.25, 0.3) is 0 Å². The highest BCUT2D eigenvalue weighted by atomic mass is 16.1. The second-order valence-corrected chi connectivity index (χ2v) is 2.53. The minimum atomic E-state index is 0.291. The monoisotopic (exact) mass is 124 g/mol. The maximum Gasteiger partial charge on any atom is 0.155 e. The summed E-state index contributed by atoms with van der Waals surface area (Å²) in [6.07, 6.45) is 6.74. The lowest BCUT2D eigenvalue weighted by molar-refractivity contribution is -0.115. The average Bonchev–Trinajstić information content (AvgIpc) is 1.90. The Balaban J connectivity index is 2.48. The predicted molar refractivity (Wildman–Crippen MR) is 37.2 cm³/mol. The van der Waals surface area contributed by atoms with Crippen LogP contribution in [0.1, 0.15) is 26.2 Å². The van der Waals surface area contributed by atoms with Crippen molar-refractivity contribution in [1.29, 1.82) is 0 Å². The molecule has 0 bridgehead atoms. The zero-order valence-corrected chi connectivity index (χ0v) is 5.76. The van der Waals surface area contributed by atoms with Crippen LogP contribution in [-0.2, 0) is 4.79 Å². The molecule has 1 nitrogen and oxygen atoms in total. The quantitative estimate of drug-likeness (QED) is 0.522. The molecule has 1 atom stereocenters. The Bertz CT molecular complexity index is 136. The molecule has 50 valence electrons. The number of ketones is 1. The van der Waals surface area contributed by atoms with Gasteiger partial charge >= 0.3 is 0 Å². The van der Waals surface area contributed by atoms with Crippen molar-refractivity contribution in [2.45, 2.75) is 26.2 Å². The molecule has 0 aromatic carbocycles. The molecule has 0 aromatic heterocycles. The van der Waals surface area contributed by atoms with E-state index in [1.807, 2.05) is 6.08 Å². The Hall–Kier alpha value is -0.590. The Morgan fingerprint density at radius 2 is 2.56 bits per heavy atom. The summed E-state index contributed by atoms with van der Waals surface area (Å²) in [6.45, 7) is 2.16. The van der Waals surface area contributed by atoms with Crippen LogP contribution in [-0.4, -0.2) is 5.78 Å². The first-order valence-corrected chi connectivity index (χ1v) is 3.54. The molecule has 1 heteroatoms. The summed E-state index contributed by atoms with van der Waals surface area (Å²) < 4.78 is 0. The molecule has 0 saturated carbocycles. The van der Waals surface area contributed by atoms with Crippen LogP contribution in [0, 0.1) is 5.92 Å². The zero-order valence-electron chi connectivity index (χ0n) is 5.76. The first-order chi connectivity index (χ1) is 4.33. The lowest BCUT2D eigenvalue weighted by Crippen LogP contribution is -2.05. The van der Waals surface area contributed by atoms with Gasteiger partial charge in [-0.1, -0.05) is 13.0 Å². The lowest BCUT2D eigenvalue weighted by Gasteiger charge is -2.11. The topological polar surface area (TPSA) is 17.1 Å². The van der Waals surface area contributed by atoms with Crippen LogP contribution in [0.25, 0.3) is 0 Å². The maximum atomic E-state index is 10.6. The molecule has 0 radical (unpaired) electrons. The van der Waals surface area contributed by atoms with E-state index in [0.29, 0.717) is 11.7 Å². The van der Waals surface area contributed by atoms with Crippen molar-refractivity contribution >= 4 is 5.78 Å². The van der Waals surface area contributed by atoms with Gasteiger partial charge < -0.3 is 0 Å². The van der Waals surface area contributed by atoms with E-state index in [9.17, 15) is 4.79 Å². The van der Waals surface area contributed by atoms with Crippen molar-refractivity contribution in [3.05, 3.63) is 12.2 Å². The molecule has 0 fully saturated rings. The number of allylic oxidation sites excluding steroid dienone is 2. The molecule has 1 rings (SSSR count). The second kappa shape index (κ2) is 2.81. The van der Waals surface area contributed by atoms with Crippen molar-refractivity contribution in [2.75, 3.05) is 0 Å². The molecular weight excluding hydrogens is 112 g/mol. The van der Waals surface area contributed by atoms with E-state index in [1.165, 1.54) is 6.42 Å². The number of carbonyl (C=O) groups is 1. The fraction of sp³-hybridized carbons (Fsp3) is 0.625. The number of hydrogen-bond acceptors (Lipinski definition) is 1. The summed E-state index contributed by atoms with van der Waals surface area (Å²) in [6, 6.07) is 0. The molecule has 9 heavy (non-hydrogen) atoms. The fourth-order valence-corrected chi connectivity index (χ4v) is 1.09. The van der Waals surface area contributed by atoms with Crippen LogP contribution in [0.5, 0.6) is 0 Å². The van der Waals surface area contributed by atoms with Gasteiger partial charge in [0.2, 0.25) is 0 Å². The van der Waals surface area contributed by atoms with E-state index < -0.39 is 0 Å². The largest absolute Gasteiger partial charge is 0.295 e. The Morgan fingerprint density at radius 1 is 1.78 bits per heavy atom. The van der Waals surface area contributed by atoms with E-state index in [-0.39, 0.29) is 0 Å². The van der Waals surface area contributed by atoms with E-state index in [0.717, 1.165) is 12.8 Å². The van der Waals surface area contributed by atoms with Gasteiger partial charge in [-0.2, -0.15) is 0 Å². The SMILES string of the molecule is CC[C@@H]1C=CC(=O)CC1. The Kier molecular flexibility index (Phi) is 2.04. The molecular formula is C8H12O. The van der Waals surface area contributed by atoms with Crippen molar-refractivity contribution in [3.63, 3.8) is 0 Å². The van der Waals surface area contributed by atoms with E-state index in [1.54, 1.807) is 6.08 Å². The maximum absolute atomic E-state index is 10.6. The summed E-state index contributed by atoms with van der Waals surface area (Å²) >= 11 is 0. The van der Waals surface area contributed by atoms with Gasteiger partial charge in [0.05, 0.1) is 0 Å². The van der Waals surface area contributed by atoms with Crippen molar-refractivity contribution in [3.8, 4) is 0 Å². The normalized spacial score (nSPS) is 26.8. The van der Waals surface area contributed by atoms with Crippen molar-refractivity contribution in [2.24, 2.45) is 5.92 Å². The van der Waals surface area contributed by atoms with Gasteiger partial charge in [-0.05, 0) is 24.8 Å². The van der Waals surface area contributed by atoms with Gasteiger partial charge in [-0.3, -0.25) is 4.79 Å². The predicted octanol–water partition coefficient (Wildman–Crippen LogP) is 1.93. The molecule has 0 saturated heterocycles. The number of hydrogen-bond donors (Lipinski definition) is 0. The van der Waals surface area contributed by atoms with Crippen molar-refractivity contribution < 1.29 is 4.79 Å². The van der Waals surface area contributed by atoms with Gasteiger partial charge in [0.1, 0.15) is 0 Å². The van der Waals surface area contributed by atoms with Crippen LogP contribution < -0.4 is 0 Å². The van der Waals surface area contributed by atoms with Crippen LogP contribution in [0.2, 0.25) is 0 Å². The third-order valence-electron chi connectivity index (χ3n) is 1.84. The summed E-state index contributed by atoms with van der Waals surface area (Å²) in [5.41, 5.74) is 0. The molecule has 0 spiro atoms. The number of carbonyl (C=O) groups excluding carboxylic acids is 1. The minimum Gasteiger partial charge on any atom is -0.295 e. The first kappa shape index (κ1) is 6.53. The third kappa shape index (κ3) is 1.67. The molecule has 1 aliphatic carbocycles. The van der Waals surface area contributed by atoms with E-state index in [2.05, 4.69) is 6.92 Å². The molecule has 0 heterocycles. The summed E-state index contributed by atoms with van der Waals surface area (Å²) in [4.78, 5) is 10.6. The third-order valence-corrected chi connectivity index (χ3v) is 1.84. The smallest absolute Gasteiger partial charge is 0.155 e. The van der Waals surface area contributed by atoms with Crippen LogP contribution in [0.4, 0.5) is 0 Å². The number of rotatable bonds is 1. The molecule has 0 aromatic rings. The van der Waals surface area contributed by atoms with E-state index >= 15 is 0 Å². The fourth-order valence-electron chi connectivity index (χ4n) is 1.09. The lowest BCUT2D eigenvalue weighted by atomic mass is 9.93. The van der Waals surface area contributed by atoms with Gasteiger partial charge in [0.15, 0.2) is 5.78 Å². The molecule has 0 amide bonds. The van der Waals surface area contributed by atoms with Gasteiger partial charge in [-0.15, -0.1) is 0 Å². The zero-order chi connectivity index (χ0) is 6.69. The molecule has 0 N–H and O–H groups in total. The first-order valence-electron chi connectivity index (χ1n) is 3.54. The van der Waals surface area contributed by atoms with Gasteiger partial charge in [-0.25, -0.2) is 0 Å². The minimum absolute atomic E-state index is 0.291. The van der Waals surface area contributed by atoms with Crippen molar-refractivity contribution in [1.82, 2.24) is 0 Å². The highest BCUT2D eigenvalue weighted by molar-refractivity contribution is 5.90. The molecule has 0 aliphatic heterocycles. The highest BCUT2D eigenvalue weighted by Gasteiger charge is 2.09. The Labute approximate surface area is 55.8 Å². The summed E-state index contributed by atoms with van der Waals surface area (Å²) in [5.74, 6) is 0.961. The van der Waals surface area contributed by atoms with E-state index in [4.69, 9.17) is 0 Å². The van der Waals surface area contributed by atoms with Crippen LogP contribution in [0.3, 0.4) is 0 Å².